The first-order valence-electron chi connectivity index (χ1n) is 4.72. The molecule has 0 unspecified atom stereocenters. The van der Waals surface area contributed by atoms with Crippen LogP contribution in [0.5, 0.6) is 0 Å². The first-order valence-corrected chi connectivity index (χ1v) is 6.33. The largest absolute Gasteiger partial charge is 0.379 e. The van der Waals surface area contributed by atoms with Crippen molar-refractivity contribution in [3.05, 3.63) is 0 Å². The van der Waals surface area contributed by atoms with Crippen molar-refractivity contribution < 1.29 is 13.2 Å². The van der Waals surface area contributed by atoms with Crippen LogP contribution in [0.15, 0.2) is 0 Å². The molecule has 4 nitrogen and oxygen atoms in total. The number of hydrogen-bond donors (Lipinski definition) is 0. The molecule has 1 fully saturated rings. The van der Waals surface area contributed by atoms with Crippen LogP contribution >= 0.6 is 0 Å². The molecule has 1 aliphatic heterocycles. The number of morpholine rings is 1. The van der Waals surface area contributed by atoms with Gasteiger partial charge in [0, 0.05) is 13.1 Å². The predicted octanol–water partition coefficient (Wildman–Crippen LogP) is 0.449. The normalized spacial score (nSPS) is 20.4. The summed E-state index contributed by atoms with van der Waals surface area (Å²) >= 11 is 0. The summed E-state index contributed by atoms with van der Waals surface area (Å²) in [6.45, 7) is 4.10. The molecule has 13 heavy (non-hydrogen) atoms. The second kappa shape index (κ2) is 4.93. The molecular formula is C8H17NO3S. The van der Waals surface area contributed by atoms with Crippen molar-refractivity contribution in [2.24, 2.45) is 0 Å². The summed E-state index contributed by atoms with van der Waals surface area (Å²) in [6.07, 6.45) is 1.67. The monoisotopic (exact) mass is 207 g/mol. The molecule has 0 aliphatic carbocycles. The highest BCUT2D eigenvalue weighted by Gasteiger charge is 2.23. The fourth-order valence-corrected chi connectivity index (χ4v) is 2.90. The van der Waals surface area contributed by atoms with Gasteiger partial charge in [0.2, 0.25) is 10.0 Å². The van der Waals surface area contributed by atoms with Crippen molar-refractivity contribution in [3.8, 4) is 0 Å². The topological polar surface area (TPSA) is 46.6 Å². The van der Waals surface area contributed by atoms with Crippen molar-refractivity contribution in [3.63, 3.8) is 0 Å². The molecule has 1 aliphatic rings. The lowest BCUT2D eigenvalue weighted by Gasteiger charge is -2.25. The lowest BCUT2D eigenvalue weighted by Crippen LogP contribution is -2.41. The van der Waals surface area contributed by atoms with Crippen molar-refractivity contribution in [2.45, 2.75) is 19.8 Å². The van der Waals surface area contributed by atoms with E-state index in [1.165, 1.54) is 4.31 Å². The lowest BCUT2D eigenvalue weighted by atomic mass is 10.4. The fraction of sp³-hybridized carbons (Fsp3) is 1.00. The van der Waals surface area contributed by atoms with Crippen LogP contribution in [-0.2, 0) is 14.8 Å². The van der Waals surface area contributed by atoms with E-state index in [0.29, 0.717) is 26.3 Å². The van der Waals surface area contributed by atoms with Gasteiger partial charge in [-0.1, -0.05) is 13.3 Å². The molecule has 78 valence electrons. The van der Waals surface area contributed by atoms with E-state index in [9.17, 15) is 8.42 Å². The Labute approximate surface area is 79.9 Å². The van der Waals surface area contributed by atoms with Crippen molar-refractivity contribution >= 4 is 10.0 Å². The summed E-state index contributed by atoms with van der Waals surface area (Å²) in [4.78, 5) is 0. The van der Waals surface area contributed by atoms with Crippen LogP contribution < -0.4 is 0 Å². The van der Waals surface area contributed by atoms with Gasteiger partial charge in [-0.25, -0.2) is 8.42 Å². The third kappa shape index (κ3) is 3.25. The van der Waals surface area contributed by atoms with E-state index in [2.05, 4.69) is 0 Å². The van der Waals surface area contributed by atoms with Gasteiger partial charge in [-0.05, 0) is 6.42 Å². The molecule has 0 saturated carbocycles. The summed E-state index contributed by atoms with van der Waals surface area (Å²) in [7, 11) is -2.99. The Morgan fingerprint density at radius 1 is 1.31 bits per heavy atom. The maximum Gasteiger partial charge on any atom is 0.214 e. The maximum atomic E-state index is 11.6. The molecule has 0 bridgehead atoms. The van der Waals surface area contributed by atoms with Gasteiger partial charge in [0.25, 0.3) is 0 Å². The maximum absolute atomic E-state index is 11.6. The summed E-state index contributed by atoms with van der Waals surface area (Å²) in [5, 5.41) is 0. The van der Waals surface area contributed by atoms with Gasteiger partial charge < -0.3 is 4.74 Å². The van der Waals surface area contributed by atoms with E-state index in [-0.39, 0.29) is 5.75 Å². The number of unbranched alkanes of at least 4 members (excludes halogenated alkanes) is 1. The summed E-state index contributed by atoms with van der Waals surface area (Å²) in [5.41, 5.74) is 0. The molecule has 0 radical (unpaired) electrons. The number of rotatable bonds is 4. The van der Waals surface area contributed by atoms with Crippen LogP contribution in [0.4, 0.5) is 0 Å². The molecule has 0 aromatic carbocycles. The second-order valence-electron chi connectivity index (χ2n) is 3.18. The van der Waals surface area contributed by atoms with E-state index in [1.807, 2.05) is 6.92 Å². The van der Waals surface area contributed by atoms with Crippen LogP contribution in [0.1, 0.15) is 19.8 Å². The minimum Gasteiger partial charge on any atom is -0.379 e. The Hall–Kier alpha value is -0.130. The number of sulfonamides is 1. The van der Waals surface area contributed by atoms with Gasteiger partial charge in [0.05, 0.1) is 19.0 Å². The summed E-state index contributed by atoms with van der Waals surface area (Å²) in [6, 6.07) is 0. The molecule has 0 amide bonds. The third-order valence-corrected chi connectivity index (χ3v) is 4.08. The molecule has 1 heterocycles. The average molecular weight is 207 g/mol. The molecule has 1 saturated heterocycles. The van der Waals surface area contributed by atoms with Crippen molar-refractivity contribution in [1.82, 2.24) is 4.31 Å². The zero-order chi connectivity index (χ0) is 9.73. The smallest absolute Gasteiger partial charge is 0.214 e. The minimum atomic E-state index is -2.99. The zero-order valence-electron chi connectivity index (χ0n) is 8.03. The molecular weight excluding hydrogens is 190 g/mol. The molecule has 0 aromatic rings. The van der Waals surface area contributed by atoms with Crippen LogP contribution in [-0.4, -0.2) is 44.8 Å². The van der Waals surface area contributed by atoms with Gasteiger partial charge >= 0.3 is 0 Å². The van der Waals surface area contributed by atoms with E-state index < -0.39 is 10.0 Å². The van der Waals surface area contributed by atoms with Crippen LogP contribution in [0.25, 0.3) is 0 Å². The van der Waals surface area contributed by atoms with E-state index in [4.69, 9.17) is 4.74 Å². The van der Waals surface area contributed by atoms with Gasteiger partial charge in [0.1, 0.15) is 0 Å². The van der Waals surface area contributed by atoms with E-state index >= 15 is 0 Å². The first-order chi connectivity index (χ1) is 6.17. The van der Waals surface area contributed by atoms with Crippen LogP contribution in [0, 0.1) is 0 Å². The van der Waals surface area contributed by atoms with E-state index in [0.717, 1.165) is 12.8 Å². The molecule has 5 heteroatoms. The standard InChI is InChI=1S/C8H17NO3S/c1-2-3-8-13(10,11)9-4-6-12-7-5-9/h2-8H2,1H3. The highest BCUT2D eigenvalue weighted by atomic mass is 32.2. The van der Waals surface area contributed by atoms with Gasteiger partial charge in [-0.3, -0.25) is 0 Å². The first kappa shape index (κ1) is 10.9. The van der Waals surface area contributed by atoms with Crippen LogP contribution in [0.3, 0.4) is 0 Å². The molecule has 0 aromatic heterocycles. The molecule has 0 atom stereocenters. The second-order valence-corrected chi connectivity index (χ2v) is 5.27. The Morgan fingerprint density at radius 3 is 2.46 bits per heavy atom. The Morgan fingerprint density at radius 2 is 1.92 bits per heavy atom. The summed E-state index contributed by atoms with van der Waals surface area (Å²) in [5.74, 6) is 0.281. The average Bonchev–Trinajstić information content (AvgIpc) is 2.16. The Bertz CT molecular complexity index is 232. The van der Waals surface area contributed by atoms with Crippen molar-refractivity contribution in [2.75, 3.05) is 32.1 Å². The third-order valence-electron chi connectivity index (χ3n) is 2.12. The van der Waals surface area contributed by atoms with Crippen LogP contribution in [0.2, 0.25) is 0 Å². The number of ether oxygens (including phenoxy) is 1. The quantitative estimate of drug-likeness (QED) is 0.672. The highest BCUT2D eigenvalue weighted by Crippen LogP contribution is 2.07. The van der Waals surface area contributed by atoms with Gasteiger partial charge in [0.15, 0.2) is 0 Å². The lowest BCUT2D eigenvalue weighted by molar-refractivity contribution is 0.0730. The molecule has 0 N–H and O–H groups in total. The Balaban J connectivity index is 2.47. The molecule has 1 rings (SSSR count). The van der Waals surface area contributed by atoms with Gasteiger partial charge in [-0.2, -0.15) is 4.31 Å². The number of hydrogen-bond acceptors (Lipinski definition) is 3. The highest BCUT2D eigenvalue weighted by molar-refractivity contribution is 7.89. The SMILES string of the molecule is CCCCS(=O)(=O)N1CCOCC1. The fourth-order valence-electron chi connectivity index (χ4n) is 1.28. The van der Waals surface area contributed by atoms with Gasteiger partial charge in [-0.15, -0.1) is 0 Å². The number of nitrogens with zero attached hydrogens (tertiary/aromatic N) is 1. The molecule has 0 spiro atoms. The zero-order valence-corrected chi connectivity index (χ0v) is 8.85. The Kier molecular flexibility index (Phi) is 4.15. The summed E-state index contributed by atoms with van der Waals surface area (Å²) < 4.78 is 29.9. The predicted molar refractivity (Wildman–Crippen MR) is 51.1 cm³/mol. The van der Waals surface area contributed by atoms with Crippen molar-refractivity contribution in [1.29, 1.82) is 0 Å². The van der Waals surface area contributed by atoms with E-state index in [1.54, 1.807) is 0 Å². The minimum absolute atomic E-state index is 0.281.